The van der Waals surface area contributed by atoms with Crippen LogP contribution in [-0.2, 0) is 15.1 Å². The summed E-state index contributed by atoms with van der Waals surface area (Å²) >= 11 is 6.80. The maximum atomic E-state index is 13.1. The number of anilines is 2. The van der Waals surface area contributed by atoms with Crippen molar-refractivity contribution in [1.29, 1.82) is 5.41 Å². The lowest BCUT2D eigenvalue weighted by Crippen LogP contribution is -2.60. The predicted molar refractivity (Wildman–Crippen MR) is 129 cm³/mol. The lowest BCUT2D eigenvalue weighted by Gasteiger charge is -2.43. The van der Waals surface area contributed by atoms with Gasteiger partial charge in [-0.3, -0.25) is 15.1 Å². The number of carbonyl (C=O) groups excluding carboxylic acids is 1. The first kappa shape index (κ1) is 22.6. The van der Waals surface area contributed by atoms with Crippen molar-refractivity contribution in [1.82, 2.24) is 10.2 Å². The van der Waals surface area contributed by atoms with Crippen LogP contribution in [0, 0.1) is 18.3 Å². The second-order valence-corrected chi connectivity index (χ2v) is 9.59. The van der Waals surface area contributed by atoms with E-state index in [9.17, 15) is 4.79 Å². The van der Waals surface area contributed by atoms with Gasteiger partial charge >= 0.3 is 0 Å². The van der Waals surface area contributed by atoms with Crippen molar-refractivity contribution in [3.63, 3.8) is 0 Å². The van der Waals surface area contributed by atoms with E-state index in [1.54, 1.807) is 4.90 Å². The fraction of sp³-hybridized carbons (Fsp3) is 0.440. The first-order valence-electron chi connectivity index (χ1n) is 11.2. The van der Waals surface area contributed by atoms with Gasteiger partial charge in [0.25, 0.3) is 0 Å². The van der Waals surface area contributed by atoms with Crippen LogP contribution in [0.15, 0.2) is 42.5 Å². The van der Waals surface area contributed by atoms with Gasteiger partial charge in [0.1, 0.15) is 0 Å². The van der Waals surface area contributed by atoms with Gasteiger partial charge in [0, 0.05) is 18.8 Å². The number of guanidine groups is 1. The highest BCUT2D eigenvalue weighted by molar-refractivity contribution is 6.34. The lowest BCUT2D eigenvalue weighted by molar-refractivity contribution is -0.131. The Bertz CT molecular complexity index is 990. The van der Waals surface area contributed by atoms with Gasteiger partial charge < -0.3 is 15.4 Å². The standard InChI is InChI=1S/C25H31ClN4O2/c1-16-7-9-19(10-8-16)28-21-6-4-5-20(23(21)26)25(3)14-22(31)30(24(27)29-25)15-18-11-12-32-17(2)13-18/h4-10,17-18,28H,11-15H2,1-3H3,(H2,27,29)/t17?,18?,25-/m0/s1. The zero-order valence-electron chi connectivity index (χ0n) is 18.9. The number of nitrogens with one attached hydrogen (secondary N) is 3. The van der Waals surface area contributed by atoms with Crippen LogP contribution >= 0.6 is 11.6 Å². The van der Waals surface area contributed by atoms with Crippen molar-refractivity contribution >= 4 is 34.8 Å². The monoisotopic (exact) mass is 454 g/mol. The zero-order chi connectivity index (χ0) is 22.9. The summed E-state index contributed by atoms with van der Waals surface area (Å²) in [5, 5.41) is 15.8. The summed E-state index contributed by atoms with van der Waals surface area (Å²) in [6.45, 7) is 7.30. The molecule has 1 amide bonds. The first-order chi connectivity index (χ1) is 15.2. The van der Waals surface area contributed by atoms with E-state index < -0.39 is 5.54 Å². The third-order valence-corrected chi connectivity index (χ3v) is 6.84. The first-order valence-corrected chi connectivity index (χ1v) is 11.5. The molecule has 6 nitrogen and oxygen atoms in total. The number of carbonyl (C=O) groups is 1. The molecule has 0 aromatic heterocycles. The van der Waals surface area contributed by atoms with Gasteiger partial charge in [0.15, 0.2) is 5.96 Å². The SMILES string of the molecule is Cc1ccc(Nc2cccc([C@]3(C)CC(=O)N(CC4CCOC(C)C4)C(=N)N3)c2Cl)cc1. The summed E-state index contributed by atoms with van der Waals surface area (Å²) in [6, 6.07) is 13.9. The molecule has 3 N–H and O–H groups in total. The highest BCUT2D eigenvalue weighted by Gasteiger charge is 2.41. The molecule has 2 saturated heterocycles. The van der Waals surface area contributed by atoms with E-state index in [1.807, 2.05) is 56.3 Å². The number of aryl methyl sites for hydroxylation is 1. The minimum Gasteiger partial charge on any atom is -0.378 e. The molecule has 2 unspecified atom stereocenters. The summed E-state index contributed by atoms with van der Waals surface area (Å²) in [7, 11) is 0. The van der Waals surface area contributed by atoms with Crippen LogP contribution in [0.3, 0.4) is 0 Å². The average Bonchev–Trinajstić information content (AvgIpc) is 2.74. The molecular weight excluding hydrogens is 424 g/mol. The van der Waals surface area contributed by atoms with Gasteiger partial charge in [-0.25, -0.2) is 0 Å². The van der Waals surface area contributed by atoms with E-state index in [1.165, 1.54) is 5.56 Å². The van der Waals surface area contributed by atoms with Crippen LogP contribution in [0.2, 0.25) is 5.02 Å². The quantitative estimate of drug-likeness (QED) is 0.581. The molecule has 0 spiro atoms. The number of hydrogen-bond acceptors (Lipinski definition) is 4. The van der Waals surface area contributed by atoms with E-state index in [4.69, 9.17) is 21.7 Å². The molecule has 2 fully saturated rings. The van der Waals surface area contributed by atoms with Crippen molar-refractivity contribution in [3.8, 4) is 0 Å². The Hall–Kier alpha value is -2.57. The van der Waals surface area contributed by atoms with Crippen LogP contribution in [0.4, 0.5) is 11.4 Å². The predicted octanol–water partition coefficient (Wildman–Crippen LogP) is 5.18. The zero-order valence-corrected chi connectivity index (χ0v) is 19.6. The van der Waals surface area contributed by atoms with Crippen molar-refractivity contribution in [2.45, 2.75) is 51.7 Å². The van der Waals surface area contributed by atoms with Crippen LogP contribution in [0.25, 0.3) is 0 Å². The second kappa shape index (κ2) is 9.12. The Morgan fingerprint density at radius 2 is 2.03 bits per heavy atom. The molecule has 2 aliphatic heterocycles. The van der Waals surface area contributed by atoms with E-state index in [-0.39, 0.29) is 24.4 Å². The normalized spacial score (nSPS) is 26.1. The molecule has 32 heavy (non-hydrogen) atoms. The summed E-state index contributed by atoms with van der Waals surface area (Å²) in [6.07, 6.45) is 2.26. The van der Waals surface area contributed by atoms with Gasteiger partial charge in [0.05, 0.1) is 28.8 Å². The van der Waals surface area contributed by atoms with Gasteiger partial charge in [-0.1, -0.05) is 41.4 Å². The van der Waals surface area contributed by atoms with Crippen LogP contribution in [0.1, 0.15) is 44.2 Å². The van der Waals surface area contributed by atoms with Gasteiger partial charge in [-0.2, -0.15) is 0 Å². The molecule has 2 aromatic rings. The van der Waals surface area contributed by atoms with Gasteiger partial charge in [-0.05, 0) is 63.3 Å². The highest BCUT2D eigenvalue weighted by Crippen LogP contribution is 2.38. The topological polar surface area (TPSA) is 77.5 Å². The molecule has 4 rings (SSSR count). The number of hydrogen-bond donors (Lipinski definition) is 3. The second-order valence-electron chi connectivity index (χ2n) is 9.22. The number of rotatable bonds is 5. The van der Waals surface area contributed by atoms with Gasteiger partial charge in [0.2, 0.25) is 5.91 Å². The minimum atomic E-state index is -0.754. The van der Waals surface area contributed by atoms with E-state index in [0.717, 1.165) is 29.8 Å². The number of halogens is 1. The molecule has 2 aliphatic rings. The number of benzene rings is 2. The third-order valence-electron chi connectivity index (χ3n) is 6.43. The molecule has 170 valence electrons. The molecule has 3 atom stereocenters. The molecule has 0 saturated carbocycles. The molecule has 0 aliphatic carbocycles. The fourth-order valence-electron chi connectivity index (χ4n) is 4.61. The summed E-state index contributed by atoms with van der Waals surface area (Å²) in [4.78, 5) is 14.7. The number of nitrogens with zero attached hydrogens (tertiary/aromatic N) is 1. The summed E-state index contributed by atoms with van der Waals surface area (Å²) in [5.74, 6) is 0.430. The van der Waals surface area contributed by atoms with E-state index in [0.29, 0.717) is 24.1 Å². The Kier molecular flexibility index (Phi) is 6.45. The lowest BCUT2D eigenvalue weighted by atomic mass is 9.85. The molecule has 0 radical (unpaired) electrons. The van der Waals surface area contributed by atoms with Crippen LogP contribution in [0.5, 0.6) is 0 Å². The number of ether oxygens (including phenoxy) is 1. The molecule has 7 heteroatoms. The maximum Gasteiger partial charge on any atom is 0.231 e. The van der Waals surface area contributed by atoms with Crippen LogP contribution < -0.4 is 10.6 Å². The average molecular weight is 455 g/mol. The Labute approximate surface area is 194 Å². The number of amides is 1. The molecule has 0 bridgehead atoms. The smallest absolute Gasteiger partial charge is 0.231 e. The van der Waals surface area contributed by atoms with Crippen LogP contribution in [-0.4, -0.2) is 36.0 Å². The van der Waals surface area contributed by atoms with Crippen molar-refractivity contribution in [2.24, 2.45) is 5.92 Å². The van der Waals surface area contributed by atoms with Crippen molar-refractivity contribution in [2.75, 3.05) is 18.5 Å². The summed E-state index contributed by atoms with van der Waals surface area (Å²) in [5.41, 5.74) is 2.95. The third kappa shape index (κ3) is 4.76. The van der Waals surface area contributed by atoms with E-state index in [2.05, 4.69) is 17.6 Å². The Morgan fingerprint density at radius 1 is 1.28 bits per heavy atom. The van der Waals surface area contributed by atoms with E-state index >= 15 is 0 Å². The minimum absolute atomic E-state index is 0.0524. The highest BCUT2D eigenvalue weighted by atomic mass is 35.5. The Morgan fingerprint density at radius 3 is 2.72 bits per heavy atom. The van der Waals surface area contributed by atoms with Gasteiger partial charge in [-0.15, -0.1) is 0 Å². The molecule has 2 aromatic carbocycles. The fourth-order valence-corrected chi connectivity index (χ4v) is 5.00. The largest absolute Gasteiger partial charge is 0.378 e. The van der Waals surface area contributed by atoms with Crippen molar-refractivity contribution in [3.05, 3.63) is 58.6 Å². The Balaban J connectivity index is 1.52. The van der Waals surface area contributed by atoms with Crippen molar-refractivity contribution < 1.29 is 9.53 Å². The summed E-state index contributed by atoms with van der Waals surface area (Å²) < 4.78 is 5.62. The maximum absolute atomic E-state index is 13.1. The molecule has 2 heterocycles. The molecular formula is C25H31ClN4O2.